The van der Waals surface area contributed by atoms with E-state index in [1.165, 1.54) is 7.11 Å². The molecule has 0 fully saturated rings. The van der Waals surface area contributed by atoms with Gasteiger partial charge >= 0.3 is 5.97 Å². The number of esters is 1. The summed E-state index contributed by atoms with van der Waals surface area (Å²) in [5.74, 6) is 0.312. The SMILES string of the molecule is COC(=O)c1cc(I)c(OCCO)c(I)c1. The van der Waals surface area contributed by atoms with E-state index >= 15 is 0 Å². The first-order chi connectivity index (χ1) is 7.60. The van der Waals surface area contributed by atoms with Crippen LogP contribution in [0.3, 0.4) is 0 Å². The van der Waals surface area contributed by atoms with Gasteiger partial charge in [-0.3, -0.25) is 0 Å². The van der Waals surface area contributed by atoms with Crippen molar-refractivity contribution < 1.29 is 19.4 Å². The Balaban J connectivity index is 3.02. The maximum absolute atomic E-state index is 11.3. The van der Waals surface area contributed by atoms with Crippen LogP contribution in [0.15, 0.2) is 12.1 Å². The van der Waals surface area contributed by atoms with Crippen molar-refractivity contribution in [2.75, 3.05) is 20.3 Å². The van der Waals surface area contributed by atoms with Crippen molar-refractivity contribution >= 4 is 51.2 Å². The van der Waals surface area contributed by atoms with Crippen LogP contribution < -0.4 is 4.74 Å². The van der Waals surface area contributed by atoms with Crippen molar-refractivity contribution in [2.45, 2.75) is 0 Å². The molecule has 0 aromatic heterocycles. The number of rotatable bonds is 4. The summed E-state index contributed by atoms with van der Waals surface area (Å²) in [5.41, 5.74) is 0.493. The zero-order chi connectivity index (χ0) is 12.1. The second-order valence-electron chi connectivity index (χ2n) is 2.83. The van der Waals surface area contributed by atoms with Gasteiger partial charge in [-0.05, 0) is 57.3 Å². The molecule has 0 amide bonds. The quantitative estimate of drug-likeness (QED) is 0.567. The Hall–Kier alpha value is -0.0900. The highest BCUT2D eigenvalue weighted by Gasteiger charge is 2.13. The molecule has 0 aliphatic rings. The first-order valence-electron chi connectivity index (χ1n) is 4.41. The third-order valence-electron chi connectivity index (χ3n) is 1.76. The van der Waals surface area contributed by atoms with E-state index in [1.54, 1.807) is 12.1 Å². The second kappa shape index (κ2) is 6.60. The fraction of sp³-hybridized carbons (Fsp3) is 0.300. The first kappa shape index (κ1) is 14.0. The molecule has 16 heavy (non-hydrogen) atoms. The molecular weight excluding hydrogens is 438 g/mol. The molecule has 1 aromatic carbocycles. The number of hydrogen-bond donors (Lipinski definition) is 1. The number of methoxy groups -OCH3 is 1. The Labute approximate surface area is 121 Å². The lowest BCUT2D eigenvalue weighted by Gasteiger charge is -2.10. The van der Waals surface area contributed by atoms with Crippen LogP contribution in [0.4, 0.5) is 0 Å². The van der Waals surface area contributed by atoms with Crippen LogP contribution in [0.5, 0.6) is 5.75 Å². The smallest absolute Gasteiger partial charge is 0.337 e. The Morgan fingerprint density at radius 2 is 1.94 bits per heavy atom. The monoisotopic (exact) mass is 448 g/mol. The van der Waals surface area contributed by atoms with Crippen LogP contribution in [0, 0.1) is 7.14 Å². The molecule has 1 N–H and O–H groups in total. The fourth-order valence-corrected chi connectivity index (χ4v) is 3.16. The van der Waals surface area contributed by atoms with Gasteiger partial charge in [0.15, 0.2) is 0 Å². The number of halogens is 2. The summed E-state index contributed by atoms with van der Waals surface area (Å²) in [6.07, 6.45) is 0. The average molecular weight is 448 g/mol. The Morgan fingerprint density at radius 1 is 1.38 bits per heavy atom. The molecule has 0 radical (unpaired) electrons. The second-order valence-corrected chi connectivity index (χ2v) is 5.16. The number of benzene rings is 1. The third-order valence-corrected chi connectivity index (χ3v) is 3.36. The maximum Gasteiger partial charge on any atom is 0.337 e. The van der Waals surface area contributed by atoms with Crippen LogP contribution >= 0.6 is 45.2 Å². The molecule has 88 valence electrons. The molecule has 0 saturated carbocycles. The molecule has 1 rings (SSSR count). The van der Waals surface area contributed by atoms with Crippen LogP contribution in [-0.4, -0.2) is 31.4 Å². The van der Waals surface area contributed by atoms with E-state index in [2.05, 4.69) is 49.9 Å². The first-order valence-corrected chi connectivity index (χ1v) is 6.57. The normalized spacial score (nSPS) is 10.0. The van der Waals surface area contributed by atoms with E-state index in [9.17, 15) is 4.79 Å². The van der Waals surface area contributed by atoms with E-state index in [4.69, 9.17) is 9.84 Å². The molecule has 0 atom stereocenters. The lowest BCUT2D eigenvalue weighted by atomic mass is 10.2. The molecule has 6 heteroatoms. The van der Waals surface area contributed by atoms with E-state index in [1.807, 2.05) is 0 Å². The molecule has 0 spiro atoms. The van der Waals surface area contributed by atoms with E-state index in [0.29, 0.717) is 11.3 Å². The molecular formula is C10H10I2O4. The highest BCUT2D eigenvalue weighted by atomic mass is 127. The molecule has 0 aliphatic carbocycles. The average Bonchev–Trinajstić information content (AvgIpc) is 2.26. The number of aliphatic hydroxyl groups excluding tert-OH is 1. The topological polar surface area (TPSA) is 55.8 Å². The minimum Gasteiger partial charge on any atom is -0.489 e. The van der Waals surface area contributed by atoms with Gasteiger partial charge in [-0.2, -0.15) is 0 Å². The van der Waals surface area contributed by atoms with Crippen molar-refractivity contribution in [3.8, 4) is 5.75 Å². The van der Waals surface area contributed by atoms with Crippen molar-refractivity contribution in [2.24, 2.45) is 0 Å². The number of carbonyl (C=O) groups excluding carboxylic acids is 1. The van der Waals surface area contributed by atoms with E-state index < -0.39 is 0 Å². The molecule has 4 nitrogen and oxygen atoms in total. The van der Waals surface area contributed by atoms with Gasteiger partial charge in [-0.15, -0.1) is 0 Å². The van der Waals surface area contributed by atoms with Gasteiger partial charge in [-0.25, -0.2) is 4.79 Å². The maximum atomic E-state index is 11.3. The van der Waals surface area contributed by atoms with Crippen molar-refractivity contribution in [1.29, 1.82) is 0 Å². The van der Waals surface area contributed by atoms with Crippen LogP contribution in [-0.2, 0) is 4.74 Å². The van der Waals surface area contributed by atoms with Gasteiger partial charge in [0.05, 0.1) is 26.4 Å². The minimum absolute atomic E-state index is 0.0368. The largest absolute Gasteiger partial charge is 0.489 e. The summed E-state index contributed by atoms with van der Waals surface area (Å²) in [7, 11) is 1.35. The van der Waals surface area contributed by atoms with Crippen molar-refractivity contribution in [3.63, 3.8) is 0 Å². The van der Waals surface area contributed by atoms with Gasteiger partial charge in [-0.1, -0.05) is 0 Å². The molecule has 1 aromatic rings. The standard InChI is InChI=1S/C10H10I2O4/c1-15-10(14)6-4-7(11)9(8(12)5-6)16-3-2-13/h4-5,13H,2-3H2,1H3. The lowest BCUT2D eigenvalue weighted by molar-refractivity contribution is 0.0600. The van der Waals surface area contributed by atoms with Gasteiger partial charge in [0, 0.05) is 0 Å². The summed E-state index contributed by atoms with van der Waals surface area (Å²) in [6, 6.07) is 3.39. The fourth-order valence-electron chi connectivity index (χ4n) is 1.08. The summed E-state index contributed by atoms with van der Waals surface area (Å²) >= 11 is 4.16. The molecule has 0 saturated heterocycles. The Kier molecular flexibility index (Phi) is 5.76. The molecule has 0 aliphatic heterocycles. The van der Waals surface area contributed by atoms with Gasteiger partial charge in [0.25, 0.3) is 0 Å². The molecule has 0 unspecified atom stereocenters. The zero-order valence-corrected chi connectivity index (χ0v) is 12.8. The van der Waals surface area contributed by atoms with Crippen molar-refractivity contribution in [3.05, 3.63) is 24.8 Å². The predicted octanol–water partition coefficient (Wildman–Crippen LogP) is 2.05. The lowest BCUT2D eigenvalue weighted by Crippen LogP contribution is -2.07. The third kappa shape index (κ3) is 3.45. The van der Waals surface area contributed by atoms with Crippen LogP contribution in [0.25, 0.3) is 0 Å². The summed E-state index contributed by atoms with van der Waals surface area (Å²) in [6.45, 7) is 0.203. The minimum atomic E-state index is -0.371. The Morgan fingerprint density at radius 3 is 2.38 bits per heavy atom. The number of carbonyl (C=O) groups is 1. The van der Waals surface area contributed by atoms with Gasteiger partial charge in [0.2, 0.25) is 0 Å². The number of ether oxygens (including phenoxy) is 2. The Bertz CT molecular complexity index is 369. The predicted molar refractivity (Wildman–Crippen MR) is 75.8 cm³/mol. The number of hydrogen-bond acceptors (Lipinski definition) is 4. The van der Waals surface area contributed by atoms with Gasteiger partial charge < -0.3 is 14.6 Å². The number of aliphatic hydroxyl groups is 1. The van der Waals surface area contributed by atoms with Crippen LogP contribution in [0.2, 0.25) is 0 Å². The summed E-state index contributed by atoms with van der Waals surface area (Å²) in [5, 5.41) is 8.69. The van der Waals surface area contributed by atoms with Gasteiger partial charge in [0.1, 0.15) is 12.4 Å². The van der Waals surface area contributed by atoms with Crippen molar-refractivity contribution in [1.82, 2.24) is 0 Å². The summed E-state index contributed by atoms with van der Waals surface area (Å²) < 4.78 is 11.6. The highest BCUT2D eigenvalue weighted by Crippen LogP contribution is 2.29. The highest BCUT2D eigenvalue weighted by molar-refractivity contribution is 14.1. The summed E-state index contributed by atoms with van der Waals surface area (Å²) in [4.78, 5) is 11.3. The van der Waals surface area contributed by atoms with Crippen LogP contribution in [0.1, 0.15) is 10.4 Å². The molecule has 0 bridgehead atoms. The van der Waals surface area contributed by atoms with E-state index in [0.717, 1.165) is 7.14 Å². The molecule has 0 heterocycles. The van der Waals surface area contributed by atoms with E-state index in [-0.39, 0.29) is 19.2 Å². The zero-order valence-electron chi connectivity index (χ0n) is 8.50.